The van der Waals surface area contributed by atoms with Crippen LogP contribution in [0.3, 0.4) is 0 Å². The Hall–Kier alpha value is -0.860. The lowest BCUT2D eigenvalue weighted by molar-refractivity contribution is 0.445. The van der Waals surface area contributed by atoms with Crippen molar-refractivity contribution in [2.45, 2.75) is 38.6 Å². The molecule has 1 fully saturated rings. The molecule has 0 amide bonds. The Kier molecular flexibility index (Phi) is 3.39. The Balaban J connectivity index is 1.89. The highest BCUT2D eigenvalue weighted by atomic mass is 15.2. The van der Waals surface area contributed by atoms with Gasteiger partial charge in [0.1, 0.15) is 0 Å². The van der Waals surface area contributed by atoms with E-state index in [1.807, 2.05) is 0 Å². The van der Waals surface area contributed by atoms with E-state index in [-0.39, 0.29) is 0 Å². The number of hydrazine groups is 1. The number of hydrogen-bond acceptors (Lipinski definition) is 2. The quantitative estimate of drug-likeness (QED) is 0.570. The molecular formula is C13H20N2. The van der Waals surface area contributed by atoms with Crippen molar-refractivity contribution in [1.82, 2.24) is 5.43 Å². The van der Waals surface area contributed by atoms with E-state index in [0.29, 0.717) is 6.04 Å². The highest BCUT2D eigenvalue weighted by Crippen LogP contribution is 2.34. The molecule has 0 spiro atoms. The first-order chi connectivity index (χ1) is 7.31. The van der Waals surface area contributed by atoms with E-state index in [2.05, 4.69) is 36.6 Å². The molecule has 1 aromatic rings. The third-order valence-corrected chi connectivity index (χ3v) is 3.39. The zero-order chi connectivity index (χ0) is 10.7. The van der Waals surface area contributed by atoms with Gasteiger partial charge < -0.3 is 0 Å². The van der Waals surface area contributed by atoms with E-state index in [0.717, 1.165) is 18.8 Å². The van der Waals surface area contributed by atoms with E-state index in [1.54, 1.807) is 0 Å². The maximum absolute atomic E-state index is 5.57. The average molecular weight is 204 g/mol. The summed E-state index contributed by atoms with van der Waals surface area (Å²) in [7, 11) is 0. The van der Waals surface area contributed by atoms with Crippen molar-refractivity contribution in [3.63, 3.8) is 0 Å². The van der Waals surface area contributed by atoms with Gasteiger partial charge in [-0.2, -0.15) is 0 Å². The summed E-state index contributed by atoms with van der Waals surface area (Å²) in [5, 5.41) is 0. The molecule has 3 N–H and O–H groups in total. The van der Waals surface area contributed by atoms with Crippen LogP contribution >= 0.6 is 0 Å². The fraction of sp³-hybridized carbons (Fsp3) is 0.538. The van der Waals surface area contributed by atoms with Gasteiger partial charge in [-0.1, -0.05) is 24.3 Å². The molecule has 2 rings (SSSR count). The van der Waals surface area contributed by atoms with Crippen molar-refractivity contribution in [2.75, 3.05) is 0 Å². The van der Waals surface area contributed by atoms with Crippen molar-refractivity contribution in [2.24, 2.45) is 11.8 Å². The minimum absolute atomic E-state index is 0.518. The molecule has 0 saturated heterocycles. The van der Waals surface area contributed by atoms with Crippen LogP contribution in [0.5, 0.6) is 0 Å². The van der Waals surface area contributed by atoms with E-state index < -0.39 is 0 Å². The molecule has 0 aromatic heterocycles. The maximum Gasteiger partial charge on any atom is 0.0241 e. The highest BCUT2D eigenvalue weighted by Gasteiger charge is 2.29. The number of benzene rings is 1. The summed E-state index contributed by atoms with van der Waals surface area (Å²) >= 11 is 0. The van der Waals surface area contributed by atoms with Crippen molar-refractivity contribution < 1.29 is 0 Å². The zero-order valence-electron chi connectivity index (χ0n) is 9.37. The fourth-order valence-corrected chi connectivity index (χ4v) is 2.16. The topological polar surface area (TPSA) is 38.0 Å². The van der Waals surface area contributed by atoms with Gasteiger partial charge in [0.25, 0.3) is 0 Å². The molecule has 0 radical (unpaired) electrons. The van der Waals surface area contributed by atoms with E-state index in [9.17, 15) is 0 Å². The summed E-state index contributed by atoms with van der Waals surface area (Å²) in [6, 6.07) is 9.13. The van der Waals surface area contributed by atoms with Crippen LogP contribution in [0.4, 0.5) is 0 Å². The van der Waals surface area contributed by atoms with E-state index >= 15 is 0 Å². The third kappa shape index (κ3) is 2.80. The lowest BCUT2D eigenvalue weighted by atomic mass is 9.99. The number of rotatable bonds is 5. The molecule has 1 aromatic carbocycles. The molecule has 2 nitrogen and oxygen atoms in total. The summed E-state index contributed by atoms with van der Waals surface area (Å²) in [5.74, 6) is 6.40. The Morgan fingerprint density at radius 3 is 2.73 bits per heavy atom. The van der Waals surface area contributed by atoms with Crippen molar-refractivity contribution in [3.05, 3.63) is 35.4 Å². The lowest BCUT2D eigenvalue weighted by Crippen LogP contribution is -2.37. The monoisotopic (exact) mass is 204 g/mol. The molecule has 0 bridgehead atoms. The van der Waals surface area contributed by atoms with Gasteiger partial charge in [-0.25, -0.2) is 0 Å². The van der Waals surface area contributed by atoms with Gasteiger partial charge in [-0.05, 0) is 49.7 Å². The average Bonchev–Trinajstić information content (AvgIpc) is 3.06. The summed E-state index contributed by atoms with van der Waals surface area (Å²) in [5.41, 5.74) is 5.80. The predicted octanol–water partition coefficient (Wildman–Crippen LogP) is 2.17. The van der Waals surface area contributed by atoms with Gasteiger partial charge in [-0.3, -0.25) is 11.3 Å². The van der Waals surface area contributed by atoms with Crippen LogP contribution < -0.4 is 11.3 Å². The van der Waals surface area contributed by atoms with Crippen LogP contribution in [-0.2, 0) is 6.42 Å². The minimum atomic E-state index is 0.518. The zero-order valence-corrected chi connectivity index (χ0v) is 9.37. The fourth-order valence-electron chi connectivity index (χ4n) is 2.16. The molecular weight excluding hydrogens is 184 g/mol. The first kappa shape index (κ1) is 10.7. The first-order valence-corrected chi connectivity index (χ1v) is 5.82. The maximum atomic E-state index is 5.57. The smallest absolute Gasteiger partial charge is 0.0241 e. The van der Waals surface area contributed by atoms with Gasteiger partial charge in [0.15, 0.2) is 0 Å². The second-order valence-electron chi connectivity index (χ2n) is 4.58. The molecule has 1 saturated carbocycles. The van der Waals surface area contributed by atoms with Gasteiger partial charge in [0.05, 0.1) is 0 Å². The summed E-state index contributed by atoms with van der Waals surface area (Å²) in [6.07, 6.45) is 5.00. The first-order valence-electron chi connectivity index (χ1n) is 5.82. The third-order valence-electron chi connectivity index (χ3n) is 3.39. The van der Waals surface area contributed by atoms with Gasteiger partial charge in [-0.15, -0.1) is 0 Å². The predicted molar refractivity (Wildman–Crippen MR) is 63.3 cm³/mol. The summed E-state index contributed by atoms with van der Waals surface area (Å²) < 4.78 is 0. The molecule has 1 aliphatic carbocycles. The van der Waals surface area contributed by atoms with Crippen molar-refractivity contribution in [1.29, 1.82) is 0 Å². The van der Waals surface area contributed by atoms with Crippen molar-refractivity contribution >= 4 is 0 Å². The standard InChI is InChI=1S/C13H20N2/c1-10-4-2-3-5-11(10)8-9-13(15-14)12-6-7-12/h2-5,12-13,15H,6-9,14H2,1H3. The number of hydrogen-bond donors (Lipinski definition) is 2. The van der Waals surface area contributed by atoms with Gasteiger partial charge in [0.2, 0.25) is 0 Å². The summed E-state index contributed by atoms with van der Waals surface area (Å²) in [4.78, 5) is 0. The molecule has 0 aliphatic heterocycles. The van der Waals surface area contributed by atoms with Crippen LogP contribution in [0, 0.1) is 12.8 Å². The lowest BCUT2D eigenvalue weighted by Gasteiger charge is -2.15. The Labute approximate surface area is 91.8 Å². The van der Waals surface area contributed by atoms with Gasteiger partial charge in [0, 0.05) is 6.04 Å². The second kappa shape index (κ2) is 4.77. The second-order valence-corrected chi connectivity index (χ2v) is 4.58. The van der Waals surface area contributed by atoms with Crippen LogP contribution in [-0.4, -0.2) is 6.04 Å². The minimum Gasteiger partial charge on any atom is -0.271 e. The van der Waals surface area contributed by atoms with E-state index in [1.165, 1.54) is 24.0 Å². The van der Waals surface area contributed by atoms with Gasteiger partial charge >= 0.3 is 0 Å². The highest BCUT2D eigenvalue weighted by molar-refractivity contribution is 5.25. The Morgan fingerprint density at radius 2 is 2.13 bits per heavy atom. The Bertz CT molecular complexity index is 318. The van der Waals surface area contributed by atoms with Crippen LogP contribution in [0.1, 0.15) is 30.4 Å². The van der Waals surface area contributed by atoms with Crippen molar-refractivity contribution in [3.8, 4) is 0 Å². The van der Waals surface area contributed by atoms with Crippen LogP contribution in [0.2, 0.25) is 0 Å². The molecule has 1 aliphatic rings. The Morgan fingerprint density at radius 1 is 1.40 bits per heavy atom. The summed E-state index contributed by atoms with van der Waals surface area (Å²) in [6.45, 7) is 2.18. The van der Waals surface area contributed by atoms with Crippen LogP contribution in [0.25, 0.3) is 0 Å². The molecule has 82 valence electrons. The normalized spacial score (nSPS) is 17.7. The molecule has 1 atom stereocenters. The molecule has 0 heterocycles. The SMILES string of the molecule is Cc1ccccc1CCC(NN)C1CC1. The molecule has 2 heteroatoms. The van der Waals surface area contributed by atoms with E-state index in [4.69, 9.17) is 5.84 Å². The molecule has 15 heavy (non-hydrogen) atoms. The largest absolute Gasteiger partial charge is 0.271 e. The number of aryl methyl sites for hydroxylation is 2. The number of nitrogens with two attached hydrogens (primary N) is 1. The van der Waals surface area contributed by atoms with Crippen LogP contribution in [0.15, 0.2) is 24.3 Å². The number of nitrogens with one attached hydrogen (secondary N) is 1. The molecule has 1 unspecified atom stereocenters.